The summed E-state index contributed by atoms with van der Waals surface area (Å²) in [6.45, 7) is 5.25. The summed E-state index contributed by atoms with van der Waals surface area (Å²) in [5.41, 5.74) is 0. The van der Waals surface area contributed by atoms with Crippen LogP contribution < -0.4 is 10.1 Å². The molecule has 2 N–H and O–H groups in total. The second-order valence-corrected chi connectivity index (χ2v) is 4.59. The van der Waals surface area contributed by atoms with Crippen molar-refractivity contribution in [3.05, 3.63) is 29.8 Å². The van der Waals surface area contributed by atoms with Crippen LogP contribution in [0.5, 0.6) is 5.75 Å². The molecular weight excluding hydrogens is 240 g/mol. The largest absolute Gasteiger partial charge is 0.488 e. The molecule has 0 saturated carbocycles. The Bertz CT molecular complexity index is 372. The molecule has 5 heteroatoms. The van der Waals surface area contributed by atoms with Gasteiger partial charge in [0.1, 0.15) is 18.5 Å². The maximum absolute atomic E-state index is 13.2. The Hall–Kier alpha value is -1.20. The van der Waals surface area contributed by atoms with Crippen LogP contribution in [0.4, 0.5) is 8.78 Å². The highest BCUT2D eigenvalue weighted by molar-refractivity contribution is 5.24. The first-order valence-electron chi connectivity index (χ1n) is 5.95. The minimum atomic E-state index is -0.766. The third-order valence-corrected chi connectivity index (χ3v) is 2.26. The third-order valence-electron chi connectivity index (χ3n) is 2.26. The van der Waals surface area contributed by atoms with Gasteiger partial charge in [0.2, 0.25) is 0 Å². The van der Waals surface area contributed by atoms with Gasteiger partial charge in [-0.05, 0) is 24.6 Å². The topological polar surface area (TPSA) is 41.5 Å². The van der Waals surface area contributed by atoms with Crippen molar-refractivity contribution < 1.29 is 18.6 Å². The van der Waals surface area contributed by atoms with Gasteiger partial charge in [0.05, 0.1) is 0 Å². The fraction of sp³-hybridized carbons (Fsp3) is 0.538. The van der Waals surface area contributed by atoms with E-state index in [-0.39, 0.29) is 12.4 Å². The van der Waals surface area contributed by atoms with Crippen LogP contribution in [0.3, 0.4) is 0 Å². The fourth-order valence-corrected chi connectivity index (χ4v) is 1.38. The lowest BCUT2D eigenvalue weighted by molar-refractivity contribution is 0.103. The Morgan fingerprint density at radius 3 is 2.61 bits per heavy atom. The van der Waals surface area contributed by atoms with Crippen LogP contribution in [-0.2, 0) is 0 Å². The molecular formula is C13H19F2NO2. The van der Waals surface area contributed by atoms with Crippen LogP contribution >= 0.6 is 0 Å². The number of hydrogen-bond acceptors (Lipinski definition) is 3. The summed E-state index contributed by atoms with van der Waals surface area (Å²) in [4.78, 5) is 0. The molecule has 3 nitrogen and oxygen atoms in total. The Labute approximate surface area is 106 Å². The standard InChI is InChI=1S/C13H19F2NO2/c1-9(2)6-16-7-11(17)8-18-13-4-3-10(14)5-12(13)15/h3-5,9,11,16-17H,6-8H2,1-2H3. The predicted octanol–water partition coefficient (Wildman–Crippen LogP) is 1.95. The Kier molecular flexibility index (Phi) is 6.01. The second-order valence-electron chi connectivity index (χ2n) is 4.59. The average Bonchev–Trinajstić information content (AvgIpc) is 2.27. The molecule has 0 spiro atoms. The monoisotopic (exact) mass is 259 g/mol. The second kappa shape index (κ2) is 7.28. The highest BCUT2D eigenvalue weighted by Gasteiger charge is 2.09. The lowest BCUT2D eigenvalue weighted by Gasteiger charge is -2.14. The van der Waals surface area contributed by atoms with Gasteiger partial charge < -0.3 is 15.2 Å². The molecule has 0 bridgehead atoms. The quantitative estimate of drug-likeness (QED) is 0.786. The predicted molar refractivity (Wildman–Crippen MR) is 65.6 cm³/mol. The van der Waals surface area contributed by atoms with Crippen molar-refractivity contribution in [2.45, 2.75) is 20.0 Å². The lowest BCUT2D eigenvalue weighted by atomic mass is 10.2. The van der Waals surface area contributed by atoms with E-state index in [1.807, 2.05) is 0 Å². The maximum atomic E-state index is 13.2. The zero-order valence-corrected chi connectivity index (χ0v) is 10.6. The van der Waals surface area contributed by atoms with Crippen LogP contribution in [0, 0.1) is 17.6 Å². The van der Waals surface area contributed by atoms with E-state index in [1.165, 1.54) is 6.07 Å². The van der Waals surface area contributed by atoms with E-state index in [0.717, 1.165) is 18.7 Å². The lowest BCUT2D eigenvalue weighted by Crippen LogP contribution is -2.33. The summed E-state index contributed by atoms with van der Waals surface area (Å²) in [7, 11) is 0. The summed E-state index contributed by atoms with van der Waals surface area (Å²) in [6, 6.07) is 3.07. The zero-order valence-electron chi connectivity index (χ0n) is 10.6. The molecule has 1 atom stereocenters. The molecule has 1 aromatic rings. The van der Waals surface area contributed by atoms with Gasteiger partial charge in [-0.15, -0.1) is 0 Å². The zero-order chi connectivity index (χ0) is 13.5. The van der Waals surface area contributed by atoms with Crippen molar-refractivity contribution in [3.63, 3.8) is 0 Å². The molecule has 0 aliphatic carbocycles. The van der Waals surface area contributed by atoms with Gasteiger partial charge >= 0.3 is 0 Å². The van der Waals surface area contributed by atoms with Crippen molar-refractivity contribution in [1.29, 1.82) is 0 Å². The summed E-state index contributed by atoms with van der Waals surface area (Å²) in [5.74, 6) is -0.983. The van der Waals surface area contributed by atoms with Gasteiger partial charge in [0.25, 0.3) is 0 Å². The van der Waals surface area contributed by atoms with E-state index in [1.54, 1.807) is 0 Å². The molecule has 0 heterocycles. The summed E-state index contributed by atoms with van der Waals surface area (Å²) in [6.07, 6.45) is -0.729. The van der Waals surface area contributed by atoms with E-state index in [9.17, 15) is 13.9 Å². The first-order valence-corrected chi connectivity index (χ1v) is 5.95. The van der Waals surface area contributed by atoms with Crippen molar-refractivity contribution in [2.75, 3.05) is 19.7 Å². The van der Waals surface area contributed by atoms with Gasteiger partial charge in [-0.2, -0.15) is 0 Å². The van der Waals surface area contributed by atoms with Crippen LogP contribution in [-0.4, -0.2) is 30.9 Å². The van der Waals surface area contributed by atoms with Crippen molar-refractivity contribution >= 4 is 0 Å². The fourth-order valence-electron chi connectivity index (χ4n) is 1.38. The molecule has 0 amide bonds. The molecule has 0 fully saturated rings. The van der Waals surface area contributed by atoms with E-state index in [2.05, 4.69) is 19.2 Å². The van der Waals surface area contributed by atoms with E-state index in [0.29, 0.717) is 12.5 Å². The molecule has 1 unspecified atom stereocenters. The highest BCUT2D eigenvalue weighted by Crippen LogP contribution is 2.17. The molecule has 0 aliphatic heterocycles. The molecule has 18 heavy (non-hydrogen) atoms. The highest BCUT2D eigenvalue weighted by atomic mass is 19.1. The molecule has 102 valence electrons. The normalized spacial score (nSPS) is 12.8. The average molecular weight is 259 g/mol. The van der Waals surface area contributed by atoms with Crippen molar-refractivity contribution in [3.8, 4) is 5.75 Å². The molecule has 0 aliphatic rings. The summed E-state index contributed by atoms with van der Waals surface area (Å²) < 4.78 is 30.9. The Balaban J connectivity index is 2.31. The van der Waals surface area contributed by atoms with Crippen molar-refractivity contribution in [2.24, 2.45) is 5.92 Å². The minimum Gasteiger partial charge on any atom is -0.488 e. The SMILES string of the molecule is CC(C)CNCC(O)COc1ccc(F)cc1F. The third kappa shape index (κ3) is 5.42. The number of aliphatic hydroxyl groups excluding tert-OH is 1. The maximum Gasteiger partial charge on any atom is 0.167 e. The Morgan fingerprint density at radius 1 is 1.28 bits per heavy atom. The number of benzene rings is 1. The van der Waals surface area contributed by atoms with E-state index in [4.69, 9.17) is 4.74 Å². The summed E-state index contributed by atoms with van der Waals surface area (Å²) in [5, 5.41) is 12.6. The number of nitrogens with one attached hydrogen (secondary N) is 1. The number of rotatable bonds is 7. The van der Waals surface area contributed by atoms with Gasteiger partial charge in [-0.1, -0.05) is 13.8 Å². The van der Waals surface area contributed by atoms with Gasteiger partial charge in [-0.25, -0.2) is 8.78 Å². The first-order chi connectivity index (χ1) is 8.49. The molecule has 1 aromatic carbocycles. The molecule has 0 aromatic heterocycles. The molecule has 0 saturated heterocycles. The van der Waals surface area contributed by atoms with Crippen LogP contribution in [0.1, 0.15) is 13.8 Å². The van der Waals surface area contributed by atoms with Crippen LogP contribution in [0.2, 0.25) is 0 Å². The van der Waals surface area contributed by atoms with E-state index < -0.39 is 17.7 Å². The van der Waals surface area contributed by atoms with Crippen LogP contribution in [0.15, 0.2) is 18.2 Å². The number of halogens is 2. The van der Waals surface area contributed by atoms with Crippen LogP contribution in [0.25, 0.3) is 0 Å². The van der Waals surface area contributed by atoms with E-state index >= 15 is 0 Å². The van der Waals surface area contributed by atoms with Gasteiger partial charge in [0.15, 0.2) is 11.6 Å². The van der Waals surface area contributed by atoms with Gasteiger partial charge in [-0.3, -0.25) is 0 Å². The minimum absolute atomic E-state index is 0.0341. The number of aliphatic hydroxyl groups is 1. The smallest absolute Gasteiger partial charge is 0.167 e. The number of ether oxygens (including phenoxy) is 1. The summed E-state index contributed by atoms with van der Waals surface area (Å²) >= 11 is 0. The molecule has 1 rings (SSSR count). The van der Waals surface area contributed by atoms with Crippen molar-refractivity contribution in [1.82, 2.24) is 5.32 Å². The van der Waals surface area contributed by atoms with Gasteiger partial charge in [0, 0.05) is 12.6 Å². The Morgan fingerprint density at radius 2 is 2.00 bits per heavy atom. The number of hydrogen-bond donors (Lipinski definition) is 2. The molecule has 0 radical (unpaired) electrons. The first kappa shape index (κ1) is 14.9.